The number of fused-ring (bicyclic) bond motifs is 1. The number of aromatic carboxylic acids is 1. The van der Waals surface area contributed by atoms with Crippen molar-refractivity contribution in [3.8, 4) is 5.75 Å². The Bertz CT molecular complexity index is 987. The molecule has 1 atom stereocenters. The van der Waals surface area contributed by atoms with Crippen LogP contribution in [0.4, 0.5) is 0 Å². The van der Waals surface area contributed by atoms with E-state index in [4.69, 9.17) is 19.4 Å². The third kappa shape index (κ3) is 5.69. The van der Waals surface area contributed by atoms with E-state index in [2.05, 4.69) is 6.92 Å². The monoisotopic (exact) mass is 370 g/mol. The quantitative estimate of drug-likeness (QED) is 0.729. The number of carboxylic acid groups (broad SMARTS) is 1. The van der Waals surface area contributed by atoms with Gasteiger partial charge >= 0.3 is 5.97 Å². The molecule has 0 aliphatic rings. The van der Waals surface area contributed by atoms with Crippen molar-refractivity contribution in [1.82, 2.24) is 0 Å². The molecule has 0 aliphatic carbocycles. The van der Waals surface area contributed by atoms with Gasteiger partial charge in [0.05, 0.1) is 11.5 Å². The zero-order valence-corrected chi connectivity index (χ0v) is 15.4. The van der Waals surface area contributed by atoms with Gasteiger partial charge in [-0.15, -0.1) is 0 Å². The van der Waals surface area contributed by atoms with Gasteiger partial charge in [0.25, 0.3) is 0 Å². The molecule has 1 unspecified atom stereocenters. The molecule has 1 heterocycles. The molecule has 3 aromatic rings. The normalized spacial score (nSPS) is 11.4. The molecule has 142 valence electrons. The second-order valence-corrected chi connectivity index (χ2v) is 6.18. The second kappa shape index (κ2) is 9.00. The number of aliphatic hydroxyl groups excluding tert-OH is 1. The average Bonchev–Trinajstić information content (AvgIpc) is 2.63. The maximum absolute atomic E-state index is 11.4. The summed E-state index contributed by atoms with van der Waals surface area (Å²) in [6.07, 6.45) is -0.415. The molecule has 2 aromatic carbocycles. The standard InChI is InChI=1S/C11H16O2.C10H6O4/c1-8-4-5-11(6-9(8)2)13-7-10(3)12;11-7-5-9(10(12)13)14-8-4-2-1-3-6(7)8/h4-6,10,12H,7H2,1-3H3;1-5H,(H,12,13). The van der Waals surface area contributed by atoms with Crippen molar-refractivity contribution < 1.29 is 24.2 Å². The van der Waals surface area contributed by atoms with E-state index in [1.807, 2.05) is 25.1 Å². The van der Waals surface area contributed by atoms with Crippen LogP contribution in [0.1, 0.15) is 28.6 Å². The van der Waals surface area contributed by atoms with Gasteiger partial charge in [0, 0.05) is 6.07 Å². The molecular formula is C21H22O6. The van der Waals surface area contributed by atoms with Crippen LogP contribution >= 0.6 is 0 Å². The van der Waals surface area contributed by atoms with Gasteiger partial charge in [0.1, 0.15) is 17.9 Å². The molecule has 0 radical (unpaired) electrons. The summed E-state index contributed by atoms with van der Waals surface area (Å²) in [6, 6.07) is 13.4. The molecule has 0 saturated carbocycles. The number of hydrogen-bond acceptors (Lipinski definition) is 5. The van der Waals surface area contributed by atoms with E-state index in [9.17, 15) is 9.59 Å². The van der Waals surface area contributed by atoms with Crippen molar-refractivity contribution in [3.63, 3.8) is 0 Å². The van der Waals surface area contributed by atoms with Gasteiger partial charge in [-0.3, -0.25) is 4.79 Å². The van der Waals surface area contributed by atoms with Gasteiger partial charge < -0.3 is 19.4 Å². The summed E-state index contributed by atoms with van der Waals surface area (Å²) < 4.78 is 10.4. The zero-order valence-electron chi connectivity index (χ0n) is 15.4. The maximum Gasteiger partial charge on any atom is 0.371 e. The Hall–Kier alpha value is -3.12. The molecule has 0 spiro atoms. The van der Waals surface area contributed by atoms with Crippen LogP contribution < -0.4 is 10.2 Å². The summed E-state index contributed by atoms with van der Waals surface area (Å²) in [5.74, 6) is -0.759. The Kier molecular flexibility index (Phi) is 6.73. The van der Waals surface area contributed by atoms with Crippen LogP contribution in [-0.4, -0.2) is 28.9 Å². The molecule has 1 aromatic heterocycles. The van der Waals surface area contributed by atoms with Crippen molar-refractivity contribution in [2.24, 2.45) is 0 Å². The largest absolute Gasteiger partial charge is 0.491 e. The molecule has 0 amide bonds. The lowest BCUT2D eigenvalue weighted by Gasteiger charge is -2.09. The summed E-state index contributed by atoms with van der Waals surface area (Å²) in [7, 11) is 0. The molecule has 27 heavy (non-hydrogen) atoms. The molecule has 0 aliphatic heterocycles. The first-order valence-corrected chi connectivity index (χ1v) is 8.42. The second-order valence-electron chi connectivity index (χ2n) is 6.18. The summed E-state index contributed by atoms with van der Waals surface area (Å²) in [4.78, 5) is 21.9. The number of carboxylic acids is 1. The minimum absolute atomic E-state index is 0.289. The topological polar surface area (TPSA) is 97.0 Å². The predicted octanol–water partition coefficient (Wildman–Crippen LogP) is 3.55. The fourth-order valence-corrected chi connectivity index (χ4v) is 2.23. The maximum atomic E-state index is 11.4. The smallest absolute Gasteiger partial charge is 0.371 e. The molecule has 0 fully saturated rings. The van der Waals surface area contributed by atoms with E-state index in [0.29, 0.717) is 12.0 Å². The Morgan fingerprint density at radius 1 is 1.11 bits per heavy atom. The van der Waals surface area contributed by atoms with Crippen molar-refractivity contribution in [1.29, 1.82) is 0 Å². The minimum atomic E-state index is -1.24. The van der Waals surface area contributed by atoms with Gasteiger partial charge in [-0.25, -0.2) is 4.79 Å². The van der Waals surface area contributed by atoms with Crippen LogP contribution in [0.2, 0.25) is 0 Å². The molecule has 0 saturated heterocycles. The van der Waals surface area contributed by atoms with Crippen LogP contribution in [-0.2, 0) is 0 Å². The highest BCUT2D eigenvalue weighted by Gasteiger charge is 2.09. The molecule has 0 bridgehead atoms. The lowest BCUT2D eigenvalue weighted by Crippen LogP contribution is -2.12. The van der Waals surface area contributed by atoms with Crippen molar-refractivity contribution in [2.45, 2.75) is 26.9 Å². The third-order valence-corrected chi connectivity index (χ3v) is 3.81. The molecular weight excluding hydrogens is 348 g/mol. The number of benzene rings is 2. The Morgan fingerprint density at radius 2 is 1.81 bits per heavy atom. The first kappa shape index (κ1) is 20.2. The van der Waals surface area contributed by atoms with E-state index in [-0.39, 0.29) is 16.8 Å². The molecule has 3 rings (SSSR count). The number of rotatable bonds is 4. The molecule has 2 N–H and O–H groups in total. The summed E-state index contributed by atoms with van der Waals surface area (Å²) in [5.41, 5.74) is 2.41. The van der Waals surface area contributed by atoms with Crippen LogP contribution in [0.25, 0.3) is 11.0 Å². The molecule has 6 heteroatoms. The van der Waals surface area contributed by atoms with Crippen molar-refractivity contribution in [3.05, 3.63) is 75.6 Å². The van der Waals surface area contributed by atoms with E-state index >= 15 is 0 Å². The number of hydrogen-bond donors (Lipinski definition) is 2. The van der Waals surface area contributed by atoms with Crippen LogP contribution in [0.3, 0.4) is 0 Å². The van der Waals surface area contributed by atoms with Gasteiger partial charge in [-0.05, 0) is 56.2 Å². The number of para-hydroxylation sites is 1. The first-order valence-electron chi connectivity index (χ1n) is 8.42. The van der Waals surface area contributed by atoms with E-state index in [1.54, 1.807) is 31.2 Å². The Balaban J connectivity index is 0.000000194. The fourth-order valence-electron chi connectivity index (χ4n) is 2.23. The van der Waals surface area contributed by atoms with Gasteiger partial charge in [0.15, 0.2) is 5.43 Å². The number of aryl methyl sites for hydroxylation is 2. The number of carbonyl (C=O) groups is 1. The lowest BCUT2D eigenvalue weighted by molar-refractivity contribution is 0.0663. The lowest BCUT2D eigenvalue weighted by atomic mass is 10.1. The van der Waals surface area contributed by atoms with E-state index < -0.39 is 12.1 Å². The molecule has 6 nitrogen and oxygen atoms in total. The van der Waals surface area contributed by atoms with Gasteiger partial charge in [-0.2, -0.15) is 0 Å². The van der Waals surface area contributed by atoms with Crippen LogP contribution in [0.15, 0.2) is 57.7 Å². The third-order valence-electron chi connectivity index (χ3n) is 3.81. The Morgan fingerprint density at radius 3 is 2.44 bits per heavy atom. The SMILES string of the molecule is Cc1ccc(OCC(C)O)cc1C.O=C(O)c1cc(=O)c2ccccc2o1. The highest BCUT2D eigenvalue weighted by atomic mass is 16.5. The zero-order chi connectivity index (χ0) is 20.0. The first-order chi connectivity index (χ1) is 12.8. The Labute approximate surface area is 156 Å². The number of ether oxygens (including phenoxy) is 1. The van der Waals surface area contributed by atoms with Crippen molar-refractivity contribution in [2.75, 3.05) is 6.61 Å². The van der Waals surface area contributed by atoms with Gasteiger partial charge in [-0.1, -0.05) is 18.2 Å². The highest BCUT2D eigenvalue weighted by molar-refractivity contribution is 5.87. The minimum Gasteiger partial charge on any atom is -0.491 e. The highest BCUT2D eigenvalue weighted by Crippen LogP contribution is 2.16. The summed E-state index contributed by atoms with van der Waals surface area (Å²) >= 11 is 0. The van der Waals surface area contributed by atoms with Gasteiger partial charge in [0.2, 0.25) is 5.76 Å². The average molecular weight is 370 g/mol. The van der Waals surface area contributed by atoms with E-state index in [1.165, 1.54) is 11.1 Å². The summed E-state index contributed by atoms with van der Waals surface area (Å²) in [5, 5.41) is 18.0. The van der Waals surface area contributed by atoms with Crippen molar-refractivity contribution >= 4 is 16.9 Å². The predicted molar refractivity (Wildman–Crippen MR) is 103 cm³/mol. The fraction of sp³-hybridized carbons (Fsp3) is 0.238. The number of aliphatic hydroxyl groups is 1. The van der Waals surface area contributed by atoms with E-state index in [0.717, 1.165) is 11.8 Å². The van der Waals surface area contributed by atoms with Crippen LogP contribution in [0, 0.1) is 13.8 Å². The van der Waals surface area contributed by atoms with Crippen LogP contribution in [0.5, 0.6) is 5.75 Å². The summed E-state index contributed by atoms with van der Waals surface area (Å²) in [6.45, 7) is 6.17.